The molecule has 0 bridgehead atoms. The maximum absolute atomic E-state index is 5.35. The lowest BCUT2D eigenvalue weighted by Gasteiger charge is -2.12. The van der Waals surface area contributed by atoms with Crippen LogP contribution in [0.15, 0.2) is 23.2 Å². The summed E-state index contributed by atoms with van der Waals surface area (Å²) in [5.41, 5.74) is 1.51. The van der Waals surface area contributed by atoms with Crippen LogP contribution in [0.2, 0.25) is 0 Å². The van der Waals surface area contributed by atoms with Crippen LogP contribution in [0.25, 0.3) is 11.0 Å². The molecule has 2 aromatic heterocycles. The van der Waals surface area contributed by atoms with Crippen molar-refractivity contribution in [3.8, 4) is 11.5 Å². The molecule has 0 aliphatic heterocycles. The van der Waals surface area contributed by atoms with Gasteiger partial charge in [0.05, 0.1) is 19.6 Å². The Hall–Kier alpha value is -2.68. The minimum atomic E-state index is 0.478. The van der Waals surface area contributed by atoms with Gasteiger partial charge in [-0.15, -0.1) is 11.8 Å². The highest BCUT2D eigenvalue weighted by Gasteiger charge is 2.24. The Kier molecular flexibility index (Phi) is 4.46. The van der Waals surface area contributed by atoms with E-state index in [-0.39, 0.29) is 0 Å². The van der Waals surface area contributed by atoms with Crippen LogP contribution in [0, 0.1) is 0 Å². The van der Waals surface area contributed by atoms with Crippen LogP contribution >= 0.6 is 11.8 Å². The first-order valence-electron chi connectivity index (χ1n) is 8.27. The highest BCUT2D eigenvalue weighted by molar-refractivity contribution is 7.98. The summed E-state index contributed by atoms with van der Waals surface area (Å²) in [5.74, 6) is 2.60. The fourth-order valence-electron chi connectivity index (χ4n) is 2.68. The van der Waals surface area contributed by atoms with E-state index in [9.17, 15) is 0 Å². The van der Waals surface area contributed by atoms with Gasteiger partial charge in [-0.2, -0.15) is 15.1 Å². The van der Waals surface area contributed by atoms with Gasteiger partial charge in [-0.25, -0.2) is 0 Å². The molecule has 1 fully saturated rings. The van der Waals surface area contributed by atoms with E-state index in [0.29, 0.717) is 29.1 Å². The molecule has 0 radical (unpaired) electrons. The number of anilines is 3. The van der Waals surface area contributed by atoms with Gasteiger partial charge in [0.2, 0.25) is 5.95 Å². The van der Waals surface area contributed by atoms with E-state index < -0.39 is 0 Å². The number of aromatic amines is 1. The molecular weight excluding hydrogens is 352 g/mol. The summed E-state index contributed by atoms with van der Waals surface area (Å²) in [6.45, 7) is 0. The van der Waals surface area contributed by atoms with Crippen molar-refractivity contribution in [1.82, 2.24) is 20.2 Å². The SMILES string of the molecule is COc1ccc(Nc2nc(NC3CC3)c3c(SC)n[nH]c3n2)cc1OC. The lowest BCUT2D eigenvalue weighted by molar-refractivity contribution is 0.355. The second-order valence-corrected chi connectivity index (χ2v) is 6.76. The first-order chi connectivity index (χ1) is 12.7. The van der Waals surface area contributed by atoms with Crippen molar-refractivity contribution in [2.24, 2.45) is 0 Å². The number of thioether (sulfide) groups is 1. The van der Waals surface area contributed by atoms with E-state index in [1.165, 1.54) is 0 Å². The van der Waals surface area contributed by atoms with Crippen molar-refractivity contribution in [3.63, 3.8) is 0 Å². The average Bonchev–Trinajstić information content (AvgIpc) is 3.37. The number of methoxy groups -OCH3 is 2. The number of nitrogens with one attached hydrogen (secondary N) is 3. The average molecular weight is 372 g/mol. The van der Waals surface area contributed by atoms with E-state index in [1.807, 2.05) is 24.5 Å². The van der Waals surface area contributed by atoms with Crippen molar-refractivity contribution in [1.29, 1.82) is 0 Å². The summed E-state index contributed by atoms with van der Waals surface area (Å²) in [5, 5.41) is 15.9. The minimum absolute atomic E-state index is 0.478. The molecular formula is C17H20N6O2S. The topological polar surface area (TPSA) is 97.0 Å². The first kappa shape index (κ1) is 16.8. The van der Waals surface area contributed by atoms with E-state index in [2.05, 4.69) is 30.8 Å². The number of fused-ring (bicyclic) bond motifs is 1. The number of ether oxygens (including phenoxy) is 2. The summed E-state index contributed by atoms with van der Waals surface area (Å²) in [6, 6.07) is 6.06. The fraction of sp³-hybridized carbons (Fsp3) is 0.353. The Labute approximate surface area is 155 Å². The minimum Gasteiger partial charge on any atom is -0.493 e. The van der Waals surface area contributed by atoms with Gasteiger partial charge in [0.1, 0.15) is 10.8 Å². The van der Waals surface area contributed by atoms with E-state index >= 15 is 0 Å². The van der Waals surface area contributed by atoms with Crippen LogP contribution in [0.5, 0.6) is 11.5 Å². The third kappa shape index (κ3) is 3.22. The quantitative estimate of drug-likeness (QED) is 0.543. The predicted octanol–water partition coefficient (Wildman–Crippen LogP) is 3.41. The molecule has 136 valence electrons. The molecule has 3 N–H and O–H groups in total. The van der Waals surface area contributed by atoms with Gasteiger partial charge in [-0.1, -0.05) is 0 Å². The maximum Gasteiger partial charge on any atom is 0.231 e. The molecule has 1 aliphatic rings. The number of benzene rings is 1. The van der Waals surface area contributed by atoms with Crippen molar-refractivity contribution in [3.05, 3.63) is 18.2 Å². The predicted molar refractivity (Wildman–Crippen MR) is 103 cm³/mol. The second-order valence-electron chi connectivity index (χ2n) is 5.97. The third-order valence-electron chi connectivity index (χ3n) is 4.14. The van der Waals surface area contributed by atoms with Gasteiger partial charge >= 0.3 is 0 Å². The standard InChI is InChI=1S/C17H20N6O2S/c1-24-11-7-6-10(8-12(11)25-2)19-17-20-14(18-9-4-5-9)13-15(21-17)22-23-16(13)26-3/h6-9H,4-5H2,1-3H3,(H3,18,19,20,21,22,23). The molecule has 9 heteroatoms. The molecule has 2 heterocycles. The molecule has 8 nitrogen and oxygen atoms in total. The van der Waals surface area contributed by atoms with Crippen molar-refractivity contribution in [2.75, 3.05) is 31.1 Å². The number of nitrogens with zero attached hydrogens (tertiary/aromatic N) is 3. The lowest BCUT2D eigenvalue weighted by atomic mass is 10.3. The Balaban J connectivity index is 1.70. The monoisotopic (exact) mass is 372 g/mol. The Morgan fingerprint density at radius 3 is 2.65 bits per heavy atom. The highest BCUT2D eigenvalue weighted by Crippen LogP contribution is 2.34. The summed E-state index contributed by atoms with van der Waals surface area (Å²) in [6.07, 6.45) is 4.32. The molecule has 0 spiro atoms. The highest BCUT2D eigenvalue weighted by atomic mass is 32.2. The molecule has 3 aromatic rings. The van der Waals surface area contributed by atoms with E-state index in [1.54, 1.807) is 26.0 Å². The second kappa shape index (κ2) is 6.91. The van der Waals surface area contributed by atoms with Crippen LogP contribution in [-0.2, 0) is 0 Å². The molecule has 4 rings (SSSR count). The van der Waals surface area contributed by atoms with Crippen LogP contribution in [0.4, 0.5) is 17.5 Å². The fourth-order valence-corrected chi connectivity index (χ4v) is 3.21. The number of H-pyrrole nitrogens is 1. The van der Waals surface area contributed by atoms with Crippen LogP contribution in [0.3, 0.4) is 0 Å². The maximum atomic E-state index is 5.35. The summed E-state index contributed by atoms with van der Waals surface area (Å²) < 4.78 is 10.6. The lowest BCUT2D eigenvalue weighted by Crippen LogP contribution is -2.07. The Morgan fingerprint density at radius 2 is 1.96 bits per heavy atom. The molecule has 1 aliphatic carbocycles. The van der Waals surface area contributed by atoms with Gasteiger partial charge in [0, 0.05) is 17.8 Å². The summed E-state index contributed by atoms with van der Waals surface area (Å²) in [4.78, 5) is 9.24. The van der Waals surface area contributed by atoms with Gasteiger partial charge in [0.15, 0.2) is 17.1 Å². The zero-order valence-electron chi connectivity index (χ0n) is 14.8. The van der Waals surface area contributed by atoms with Gasteiger partial charge in [-0.05, 0) is 31.2 Å². The number of rotatable bonds is 7. The van der Waals surface area contributed by atoms with E-state index in [4.69, 9.17) is 9.47 Å². The molecule has 1 saturated carbocycles. The van der Waals surface area contributed by atoms with Crippen molar-refractivity contribution < 1.29 is 9.47 Å². The van der Waals surface area contributed by atoms with Crippen LogP contribution in [0.1, 0.15) is 12.8 Å². The molecule has 0 unspecified atom stereocenters. The van der Waals surface area contributed by atoms with Crippen molar-refractivity contribution >= 4 is 40.2 Å². The summed E-state index contributed by atoms with van der Waals surface area (Å²) in [7, 11) is 3.22. The Bertz CT molecular complexity index is 940. The van der Waals surface area contributed by atoms with Gasteiger partial charge in [0.25, 0.3) is 0 Å². The molecule has 0 saturated heterocycles. The molecule has 0 atom stereocenters. The Morgan fingerprint density at radius 1 is 1.15 bits per heavy atom. The number of hydrogen-bond acceptors (Lipinski definition) is 8. The normalized spacial score (nSPS) is 13.7. The van der Waals surface area contributed by atoms with Crippen LogP contribution in [-0.4, -0.2) is 46.7 Å². The molecule has 26 heavy (non-hydrogen) atoms. The van der Waals surface area contributed by atoms with Gasteiger partial charge in [-0.3, -0.25) is 5.10 Å². The zero-order chi connectivity index (χ0) is 18.1. The third-order valence-corrected chi connectivity index (χ3v) is 4.82. The van der Waals surface area contributed by atoms with E-state index in [0.717, 1.165) is 34.8 Å². The smallest absolute Gasteiger partial charge is 0.231 e. The number of hydrogen-bond donors (Lipinski definition) is 3. The number of aromatic nitrogens is 4. The van der Waals surface area contributed by atoms with Crippen molar-refractivity contribution in [2.45, 2.75) is 23.9 Å². The van der Waals surface area contributed by atoms with Gasteiger partial charge < -0.3 is 20.1 Å². The zero-order valence-corrected chi connectivity index (χ0v) is 15.6. The molecule has 0 amide bonds. The molecule has 1 aromatic carbocycles. The largest absolute Gasteiger partial charge is 0.493 e. The first-order valence-corrected chi connectivity index (χ1v) is 9.50. The van der Waals surface area contributed by atoms with Crippen LogP contribution < -0.4 is 20.1 Å². The summed E-state index contributed by atoms with van der Waals surface area (Å²) >= 11 is 1.57.